The summed E-state index contributed by atoms with van der Waals surface area (Å²) in [5.41, 5.74) is 1.09. The van der Waals surface area contributed by atoms with E-state index in [-0.39, 0.29) is 18.2 Å². The topological polar surface area (TPSA) is 61.3 Å². The van der Waals surface area contributed by atoms with Crippen molar-refractivity contribution in [3.05, 3.63) is 53.2 Å². The number of hydrogen-bond acceptors (Lipinski definition) is 5. The number of aryl methyl sites for hydroxylation is 1. The van der Waals surface area contributed by atoms with Crippen molar-refractivity contribution in [1.29, 1.82) is 0 Å². The van der Waals surface area contributed by atoms with Crippen LogP contribution in [-0.2, 0) is 17.8 Å². The van der Waals surface area contributed by atoms with Crippen LogP contribution in [-0.4, -0.2) is 29.5 Å². The first-order valence-electron chi connectivity index (χ1n) is 6.89. The van der Waals surface area contributed by atoms with E-state index >= 15 is 0 Å². The molecule has 1 heterocycles. The molecule has 0 aliphatic carbocycles. The molecule has 0 radical (unpaired) electrons. The summed E-state index contributed by atoms with van der Waals surface area (Å²) in [7, 11) is 1.58. The van der Waals surface area contributed by atoms with E-state index in [1.807, 2.05) is 6.92 Å². The summed E-state index contributed by atoms with van der Waals surface area (Å²) in [6.45, 7) is 2.11. The Morgan fingerprint density at radius 3 is 2.59 bits per heavy atom. The Morgan fingerprint density at radius 2 is 1.95 bits per heavy atom. The molecule has 2 rings (SSSR count). The molecule has 0 amide bonds. The van der Waals surface area contributed by atoms with Crippen molar-refractivity contribution in [2.75, 3.05) is 13.7 Å². The minimum absolute atomic E-state index is 0.168. The molecule has 1 aromatic heterocycles. The van der Waals surface area contributed by atoms with Gasteiger partial charge in [0.25, 0.3) is 0 Å². The van der Waals surface area contributed by atoms with Gasteiger partial charge in [-0.3, -0.25) is 4.79 Å². The van der Waals surface area contributed by atoms with Gasteiger partial charge < -0.3 is 9.47 Å². The first kappa shape index (κ1) is 16.0. The fraction of sp³-hybridized carbons (Fsp3) is 0.312. The molecule has 1 aromatic carbocycles. The zero-order chi connectivity index (χ0) is 15.9. The van der Waals surface area contributed by atoms with E-state index in [2.05, 4.69) is 9.97 Å². The number of carbonyl (C=O) groups is 1. The lowest BCUT2D eigenvalue weighted by Crippen LogP contribution is -2.13. The van der Waals surface area contributed by atoms with Crippen LogP contribution in [0.4, 0.5) is 4.39 Å². The van der Waals surface area contributed by atoms with Crippen LogP contribution in [0.5, 0.6) is 5.88 Å². The number of carbonyl (C=O) groups excluding carboxylic acids is 1. The lowest BCUT2D eigenvalue weighted by Gasteiger charge is -2.08. The molecule has 0 atom stereocenters. The molecule has 0 bridgehead atoms. The van der Waals surface area contributed by atoms with Crippen molar-refractivity contribution >= 4 is 5.78 Å². The first-order chi connectivity index (χ1) is 10.6. The minimum atomic E-state index is -0.384. The fourth-order valence-electron chi connectivity index (χ4n) is 1.84. The number of hydrogen-bond donors (Lipinski definition) is 0. The second kappa shape index (κ2) is 7.61. The Kier molecular flexibility index (Phi) is 5.55. The van der Waals surface area contributed by atoms with Crippen LogP contribution in [0, 0.1) is 5.82 Å². The van der Waals surface area contributed by atoms with Crippen molar-refractivity contribution < 1.29 is 18.7 Å². The molecule has 0 saturated carbocycles. The largest absolute Gasteiger partial charge is 0.469 e. The smallest absolute Gasteiger partial charge is 0.217 e. The molecule has 2 aromatic rings. The van der Waals surface area contributed by atoms with E-state index in [4.69, 9.17) is 9.47 Å². The van der Waals surface area contributed by atoms with Crippen molar-refractivity contribution in [1.82, 2.24) is 9.97 Å². The predicted octanol–water partition coefficient (Wildman–Crippen LogP) is 2.59. The van der Waals surface area contributed by atoms with Crippen LogP contribution in [0.1, 0.15) is 28.8 Å². The molecule has 0 spiro atoms. The van der Waals surface area contributed by atoms with Gasteiger partial charge in [-0.05, 0) is 24.3 Å². The second-order valence-electron chi connectivity index (χ2n) is 4.62. The van der Waals surface area contributed by atoms with Crippen molar-refractivity contribution in [3.63, 3.8) is 0 Å². The molecular formula is C16H17FN2O3. The van der Waals surface area contributed by atoms with E-state index in [1.54, 1.807) is 13.2 Å². The Hall–Kier alpha value is -2.34. The fourth-order valence-corrected chi connectivity index (χ4v) is 1.84. The number of ether oxygens (including phenoxy) is 2. The summed E-state index contributed by atoms with van der Waals surface area (Å²) in [5, 5.41) is 0. The number of Topliss-reactive ketones (excluding diaryl/α,β-unsaturated/α-hetero) is 1. The normalized spacial score (nSPS) is 10.5. The van der Waals surface area contributed by atoms with Crippen LogP contribution in [0.15, 0.2) is 30.3 Å². The van der Waals surface area contributed by atoms with Crippen molar-refractivity contribution in [3.8, 4) is 5.88 Å². The number of rotatable bonds is 7. The lowest BCUT2D eigenvalue weighted by atomic mass is 10.1. The van der Waals surface area contributed by atoms with Gasteiger partial charge in [0.2, 0.25) is 5.88 Å². The summed E-state index contributed by atoms with van der Waals surface area (Å²) in [4.78, 5) is 20.5. The molecule has 5 nitrogen and oxygen atoms in total. The highest BCUT2D eigenvalue weighted by Gasteiger charge is 2.09. The molecule has 0 aliphatic rings. The van der Waals surface area contributed by atoms with Gasteiger partial charge in [-0.1, -0.05) is 6.92 Å². The molecule has 0 saturated heterocycles. The van der Waals surface area contributed by atoms with Gasteiger partial charge >= 0.3 is 0 Å². The Labute approximate surface area is 128 Å². The third-order valence-electron chi connectivity index (χ3n) is 2.93. The molecule has 22 heavy (non-hydrogen) atoms. The van der Waals surface area contributed by atoms with Gasteiger partial charge in [-0.2, -0.15) is 4.98 Å². The van der Waals surface area contributed by atoms with Crippen molar-refractivity contribution in [2.24, 2.45) is 0 Å². The zero-order valence-electron chi connectivity index (χ0n) is 12.5. The number of aromatic nitrogens is 2. The number of halogens is 1. The molecule has 0 unspecified atom stereocenters. The molecule has 0 aliphatic heterocycles. The van der Waals surface area contributed by atoms with Gasteiger partial charge in [0.1, 0.15) is 11.6 Å². The molecule has 6 heteroatoms. The number of nitrogens with zero attached hydrogens (tertiary/aromatic N) is 2. The maximum Gasteiger partial charge on any atom is 0.217 e. The summed E-state index contributed by atoms with van der Waals surface area (Å²) in [6.07, 6.45) is 0.653. The highest BCUT2D eigenvalue weighted by molar-refractivity contribution is 5.97. The van der Waals surface area contributed by atoms with Gasteiger partial charge in [-0.15, -0.1) is 0 Å². The van der Waals surface area contributed by atoms with Crippen molar-refractivity contribution in [2.45, 2.75) is 20.0 Å². The Morgan fingerprint density at radius 1 is 1.23 bits per heavy atom. The summed E-state index contributed by atoms with van der Waals surface area (Å²) in [5.74, 6) is 0.322. The second-order valence-corrected chi connectivity index (χ2v) is 4.62. The predicted molar refractivity (Wildman–Crippen MR) is 78.3 cm³/mol. The van der Waals surface area contributed by atoms with Crippen LogP contribution in [0.2, 0.25) is 0 Å². The standard InChI is InChI=1S/C16H17FN2O3/c1-3-15-18-13(9-21-2)8-16(19-15)22-10-14(20)11-4-6-12(17)7-5-11/h4-8H,3,9-10H2,1-2H3. The number of benzene rings is 1. The Bertz CT molecular complexity index is 644. The number of ketones is 1. The maximum absolute atomic E-state index is 12.8. The number of methoxy groups -OCH3 is 1. The molecule has 0 fully saturated rings. The van der Waals surface area contributed by atoms with Gasteiger partial charge in [-0.25, -0.2) is 9.37 Å². The summed E-state index contributed by atoms with van der Waals surface area (Å²) < 4.78 is 23.3. The minimum Gasteiger partial charge on any atom is -0.469 e. The highest BCUT2D eigenvalue weighted by atomic mass is 19.1. The van der Waals surface area contributed by atoms with E-state index in [9.17, 15) is 9.18 Å². The van der Waals surface area contributed by atoms with E-state index in [0.29, 0.717) is 36.0 Å². The van der Waals surface area contributed by atoms with Crippen LogP contribution >= 0.6 is 0 Å². The third kappa shape index (κ3) is 4.33. The average Bonchev–Trinajstić information content (AvgIpc) is 2.53. The van der Waals surface area contributed by atoms with E-state index < -0.39 is 0 Å². The van der Waals surface area contributed by atoms with E-state index in [0.717, 1.165) is 0 Å². The first-order valence-corrected chi connectivity index (χ1v) is 6.89. The SMILES string of the molecule is CCc1nc(COC)cc(OCC(=O)c2ccc(F)cc2)n1. The highest BCUT2D eigenvalue weighted by Crippen LogP contribution is 2.12. The van der Waals surface area contributed by atoms with Crippen LogP contribution in [0.3, 0.4) is 0 Å². The molecule has 116 valence electrons. The van der Waals surface area contributed by atoms with Gasteiger partial charge in [0.15, 0.2) is 12.4 Å². The maximum atomic E-state index is 12.8. The summed E-state index contributed by atoms with van der Waals surface area (Å²) >= 11 is 0. The van der Waals surface area contributed by atoms with E-state index in [1.165, 1.54) is 24.3 Å². The molecular weight excluding hydrogens is 287 g/mol. The lowest BCUT2D eigenvalue weighted by molar-refractivity contribution is 0.0917. The van der Waals surface area contributed by atoms with Gasteiger partial charge in [0.05, 0.1) is 12.3 Å². The monoisotopic (exact) mass is 304 g/mol. The zero-order valence-corrected chi connectivity index (χ0v) is 12.5. The quantitative estimate of drug-likeness (QED) is 0.736. The van der Waals surface area contributed by atoms with Crippen LogP contribution < -0.4 is 4.74 Å². The third-order valence-corrected chi connectivity index (χ3v) is 2.93. The average molecular weight is 304 g/mol. The Balaban J connectivity index is 2.05. The summed E-state index contributed by atoms with van der Waals surface area (Å²) in [6, 6.07) is 6.97. The molecule has 0 N–H and O–H groups in total. The van der Waals surface area contributed by atoms with Gasteiger partial charge in [0, 0.05) is 25.2 Å². The van der Waals surface area contributed by atoms with Crippen LogP contribution in [0.25, 0.3) is 0 Å².